The van der Waals surface area contributed by atoms with Gasteiger partial charge in [0, 0.05) is 46.5 Å². The molecule has 2 fully saturated rings. The second-order valence-corrected chi connectivity index (χ2v) is 8.92. The maximum absolute atomic E-state index is 12.3. The lowest BCUT2D eigenvalue weighted by atomic mass is 9.97. The van der Waals surface area contributed by atoms with Gasteiger partial charge in [-0.3, -0.25) is 14.4 Å². The van der Waals surface area contributed by atoms with Crippen molar-refractivity contribution in [3.05, 3.63) is 0 Å². The number of hydrogen-bond donors (Lipinski definition) is 6. The van der Waals surface area contributed by atoms with Crippen molar-refractivity contribution in [3.63, 3.8) is 0 Å². The van der Waals surface area contributed by atoms with Crippen LogP contribution in [0.3, 0.4) is 0 Å². The Morgan fingerprint density at radius 3 is 2.34 bits per heavy atom. The summed E-state index contributed by atoms with van der Waals surface area (Å²) in [5, 5.41) is 45.5. The first-order valence-electron chi connectivity index (χ1n) is 11.7. The van der Waals surface area contributed by atoms with Crippen molar-refractivity contribution in [3.8, 4) is 0 Å². The third-order valence-electron chi connectivity index (χ3n) is 6.23. The van der Waals surface area contributed by atoms with Crippen LogP contribution >= 0.6 is 0 Å². The highest BCUT2D eigenvalue weighted by molar-refractivity contribution is 5.76. The van der Waals surface area contributed by atoms with Crippen LogP contribution in [0.2, 0.25) is 0 Å². The van der Waals surface area contributed by atoms with Gasteiger partial charge >= 0.3 is 5.97 Å². The van der Waals surface area contributed by atoms with E-state index in [1.165, 1.54) is 21.0 Å². The van der Waals surface area contributed by atoms with Gasteiger partial charge in [-0.25, -0.2) is 0 Å². The smallest absolute Gasteiger partial charge is 0.302 e. The van der Waals surface area contributed by atoms with E-state index in [0.29, 0.717) is 19.3 Å². The van der Waals surface area contributed by atoms with Gasteiger partial charge < -0.3 is 50.0 Å². The molecule has 1 aliphatic heterocycles. The van der Waals surface area contributed by atoms with Gasteiger partial charge in [0.15, 0.2) is 6.29 Å². The van der Waals surface area contributed by atoms with E-state index in [0.717, 1.165) is 0 Å². The molecule has 0 aromatic rings. The molecule has 2 amide bonds. The van der Waals surface area contributed by atoms with Gasteiger partial charge in [-0.15, -0.1) is 0 Å². The van der Waals surface area contributed by atoms with Crippen LogP contribution in [0.5, 0.6) is 0 Å². The average molecular weight is 507 g/mol. The number of amides is 2. The van der Waals surface area contributed by atoms with Crippen LogP contribution in [0.4, 0.5) is 0 Å². The molecule has 0 bridgehead atoms. The maximum Gasteiger partial charge on any atom is 0.302 e. The van der Waals surface area contributed by atoms with Crippen molar-refractivity contribution in [1.82, 2.24) is 10.6 Å². The summed E-state index contributed by atoms with van der Waals surface area (Å²) in [7, 11) is 1.44. The van der Waals surface area contributed by atoms with Crippen LogP contribution in [-0.4, -0.2) is 114 Å². The Morgan fingerprint density at radius 2 is 1.74 bits per heavy atom. The van der Waals surface area contributed by atoms with E-state index in [2.05, 4.69) is 10.6 Å². The lowest BCUT2D eigenvalue weighted by molar-refractivity contribution is -0.271. The second kappa shape index (κ2) is 14.0. The maximum atomic E-state index is 12.3. The fourth-order valence-electron chi connectivity index (χ4n) is 4.40. The third kappa shape index (κ3) is 8.34. The number of ether oxygens (including phenoxy) is 4. The molecule has 1 saturated carbocycles. The first kappa shape index (κ1) is 29.4. The predicted octanol–water partition coefficient (Wildman–Crippen LogP) is -2.44. The SMILES string of the molecule is CO[C@@H]1[C@H](O)[C@@H](CO)C[C@H]1NC(=O)CCCCO[C@H]1O[C@@H](COC(C)=O)[C@@H](O)[C@@H](O)[C@@H]1NC(C)=O. The number of carbonyl (C=O) groups excluding carboxylic acids is 3. The summed E-state index contributed by atoms with van der Waals surface area (Å²) in [6.45, 7) is 2.09. The molecule has 202 valence electrons. The van der Waals surface area contributed by atoms with Gasteiger partial charge in [-0.2, -0.15) is 0 Å². The first-order valence-corrected chi connectivity index (χ1v) is 11.7. The van der Waals surface area contributed by atoms with Crippen molar-refractivity contribution in [2.75, 3.05) is 26.9 Å². The van der Waals surface area contributed by atoms with E-state index in [9.17, 15) is 34.8 Å². The minimum atomic E-state index is -1.41. The third-order valence-corrected chi connectivity index (χ3v) is 6.23. The topological polar surface area (TPSA) is 193 Å². The molecule has 0 radical (unpaired) electrons. The predicted molar refractivity (Wildman–Crippen MR) is 119 cm³/mol. The number of hydrogen-bond acceptors (Lipinski definition) is 11. The van der Waals surface area contributed by atoms with Crippen LogP contribution in [0, 0.1) is 5.92 Å². The van der Waals surface area contributed by atoms with Crippen LogP contribution in [0.1, 0.15) is 39.5 Å². The van der Waals surface area contributed by atoms with Crippen molar-refractivity contribution in [2.24, 2.45) is 5.92 Å². The number of aliphatic hydroxyl groups excluding tert-OH is 4. The summed E-state index contributed by atoms with van der Waals surface area (Å²) < 4.78 is 21.5. The first-order chi connectivity index (χ1) is 16.6. The molecule has 2 rings (SSSR count). The summed E-state index contributed by atoms with van der Waals surface area (Å²) in [6.07, 6.45) is -4.91. The summed E-state index contributed by atoms with van der Waals surface area (Å²) >= 11 is 0. The molecule has 2 aliphatic rings. The van der Waals surface area contributed by atoms with Crippen molar-refractivity contribution in [1.29, 1.82) is 0 Å². The number of carbonyl (C=O) groups is 3. The second-order valence-electron chi connectivity index (χ2n) is 8.92. The van der Waals surface area contributed by atoms with Crippen LogP contribution < -0.4 is 10.6 Å². The number of esters is 1. The van der Waals surface area contributed by atoms with Crippen molar-refractivity contribution < 1.29 is 53.8 Å². The fourth-order valence-corrected chi connectivity index (χ4v) is 4.40. The molecule has 0 spiro atoms. The monoisotopic (exact) mass is 506 g/mol. The van der Waals surface area contributed by atoms with Crippen LogP contribution in [-0.2, 0) is 33.3 Å². The lowest BCUT2D eigenvalue weighted by Gasteiger charge is -2.42. The minimum Gasteiger partial charge on any atom is -0.463 e. The molecule has 0 aromatic carbocycles. The summed E-state index contributed by atoms with van der Waals surface area (Å²) in [5.74, 6) is -1.62. The normalized spacial score (nSPS) is 34.9. The van der Waals surface area contributed by atoms with Crippen molar-refractivity contribution in [2.45, 2.75) is 88.4 Å². The van der Waals surface area contributed by atoms with Gasteiger partial charge in [0.2, 0.25) is 11.8 Å². The highest BCUT2D eigenvalue weighted by atomic mass is 16.7. The van der Waals surface area contributed by atoms with E-state index in [1.54, 1.807) is 0 Å². The van der Waals surface area contributed by atoms with Gasteiger partial charge in [-0.05, 0) is 19.3 Å². The Balaban J connectivity index is 1.81. The Hall–Kier alpha value is -1.87. The van der Waals surface area contributed by atoms with E-state index < -0.39 is 60.8 Å². The highest BCUT2D eigenvalue weighted by Crippen LogP contribution is 2.28. The zero-order valence-corrected chi connectivity index (χ0v) is 20.3. The molecule has 1 aliphatic carbocycles. The van der Waals surface area contributed by atoms with E-state index in [-0.39, 0.29) is 38.1 Å². The molecule has 6 N–H and O–H groups in total. The van der Waals surface area contributed by atoms with Gasteiger partial charge in [0.1, 0.15) is 37.1 Å². The number of aliphatic hydroxyl groups is 4. The molecule has 13 heteroatoms. The Labute approximate surface area is 204 Å². The molecule has 9 atom stereocenters. The standard InChI is InChI=1S/C22H38N2O11/c1-11(26)23-17-20(31)19(30)15(10-34-12(2)27)35-22(17)33-7-5-4-6-16(28)24-14-8-13(9-25)18(29)21(14)32-3/h13-15,17-22,25,29-31H,4-10H2,1-3H3,(H,23,26)(H,24,28)/t13-,14-,15+,17+,18-,19-,20+,21+,22+/m1/s1. The number of unbranched alkanes of at least 4 members (excludes halogenated alkanes) is 1. The highest BCUT2D eigenvalue weighted by Gasteiger charge is 2.46. The number of methoxy groups -OCH3 is 1. The Bertz CT molecular complexity index is 707. The van der Waals surface area contributed by atoms with Crippen LogP contribution in [0.25, 0.3) is 0 Å². The molecule has 0 aromatic heterocycles. The molecule has 0 unspecified atom stereocenters. The largest absolute Gasteiger partial charge is 0.463 e. The Kier molecular flexibility index (Phi) is 11.8. The van der Waals surface area contributed by atoms with Crippen LogP contribution in [0.15, 0.2) is 0 Å². The zero-order valence-electron chi connectivity index (χ0n) is 20.3. The summed E-state index contributed by atoms with van der Waals surface area (Å²) in [4.78, 5) is 34.9. The van der Waals surface area contributed by atoms with Gasteiger partial charge in [0.25, 0.3) is 0 Å². The summed E-state index contributed by atoms with van der Waals surface area (Å²) in [5.41, 5.74) is 0. The van der Waals surface area contributed by atoms with Crippen molar-refractivity contribution >= 4 is 17.8 Å². The number of nitrogens with one attached hydrogen (secondary N) is 2. The van der Waals surface area contributed by atoms with E-state index in [4.69, 9.17) is 18.9 Å². The Morgan fingerprint density at radius 1 is 1.03 bits per heavy atom. The average Bonchev–Trinajstić information content (AvgIpc) is 3.10. The quantitative estimate of drug-likeness (QED) is 0.122. The fraction of sp³-hybridized carbons (Fsp3) is 0.864. The zero-order chi connectivity index (χ0) is 26.1. The molecule has 1 heterocycles. The molecule has 35 heavy (non-hydrogen) atoms. The molecular formula is C22H38N2O11. The molecular weight excluding hydrogens is 468 g/mol. The molecule has 1 saturated heterocycles. The summed E-state index contributed by atoms with van der Waals surface area (Å²) in [6, 6.07) is -1.44. The lowest BCUT2D eigenvalue weighted by Crippen LogP contribution is -2.64. The number of rotatable bonds is 12. The van der Waals surface area contributed by atoms with Gasteiger partial charge in [0.05, 0.1) is 12.1 Å². The van der Waals surface area contributed by atoms with E-state index >= 15 is 0 Å². The van der Waals surface area contributed by atoms with E-state index in [1.807, 2.05) is 0 Å². The molecule has 13 nitrogen and oxygen atoms in total. The minimum absolute atomic E-state index is 0.132. The van der Waals surface area contributed by atoms with Gasteiger partial charge in [-0.1, -0.05) is 0 Å².